The highest BCUT2D eigenvalue weighted by Crippen LogP contribution is 2.45. The van der Waals surface area contributed by atoms with Gasteiger partial charge in [0.05, 0.1) is 26.4 Å². The van der Waals surface area contributed by atoms with Crippen molar-refractivity contribution in [1.82, 2.24) is 0 Å². The number of esters is 4. The second kappa shape index (κ2) is 61.6. The molecule has 91 heavy (non-hydrogen) atoms. The number of hydrogen-bond donors (Lipinski definition) is 3. The zero-order chi connectivity index (χ0) is 67.5. The van der Waals surface area contributed by atoms with E-state index in [1.807, 2.05) is 0 Å². The maximum absolute atomic E-state index is 13.0. The molecule has 0 saturated heterocycles. The summed E-state index contributed by atoms with van der Waals surface area (Å²) in [6, 6.07) is 0. The van der Waals surface area contributed by atoms with E-state index in [0.29, 0.717) is 31.6 Å². The number of carbonyl (C=O) groups is 4. The molecule has 540 valence electrons. The normalized spacial score (nSPS) is 14.5. The van der Waals surface area contributed by atoms with Crippen LogP contribution in [0.15, 0.2) is 0 Å². The molecule has 0 rings (SSSR count). The molecule has 0 aromatic heterocycles. The molecule has 19 heteroatoms. The standard InChI is InChI=1S/C72H140O17P2/c1-9-65(8)51-43-35-27-19-14-15-21-30-39-47-55-72(77)88-67(58-82-69(74)52-44-36-28-22-16-18-25-33-41-49-63(4)5)60-86-90(78,79)84-56-66(73)57-85-91(80,81)87-61-68(59-83-70(75)53-45-37-31-23-26-34-42-50-64(6)7)89-71(76)54-46-38-29-20-13-11-10-12-17-24-32-40-48-62(2)3/h62-68,73H,9-61H2,1-8H3,(H,78,79)(H,80,81)/t65?,66?,67-,68-/m1/s1. The summed E-state index contributed by atoms with van der Waals surface area (Å²) in [6.07, 6.45) is 44.4. The van der Waals surface area contributed by atoms with Crippen LogP contribution in [0, 0.1) is 23.7 Å². The van der Waals surface area contributed by atoms with Gasteiger partial charge in [0.15, 0.2) is 12.2 Å². The van der Waals surface area contributed by atoms with Gasteiger partial charge in [-0.25, -0.2) is 9.13 Å². The number of phosphoric ester groups is 2. The maximum atomic E-state index is 13.0. The Kier molecular flexibility index (Phi) is 60.3. The van der Waals surface area contributed by atoms with E-state index >= 15 is 0 Å². The van der Waals surface area contributed by atoms with E-state index in [1.54, 1.807) is 0 Å². The summed E-state index contributed by atoms with van der Waals surface area (Å²) in [4.78, 5) is 72.6. The fourth-order valence-corrected chi connectivity index (χ4v) is 12.4. The fraction of sp³-hybridized carbons (Fsp3) is 0.944. The lowest BCUT2D eigenvalue weighted by Crippen LogP contribution is -2.30. The van der Waals surface area contributed by atoms with Crippen LogP contribution in [0.25, 0.3) is 0 Å². The molecular formula is C72H140O17P2. The number of unbranched alkanes of at least 4 members (excludes halogenated alkanes) is 34. The van der Waals surface area contributed by atoms with Gasteiger partial charge in [-0.2, -0.15) is 0 Å². The van der Waals surface area contributed by atoms with Gasteiger partial charge in [-0.1, -0.05) is 306 Å². The zero-order valence-electron chi connectivity index (χ0n) is 59.5. The third-order valence-electron chi connectivity index (χ3n) is 16.9. The number of ether oxygens (including phenoxy) is 4. The third kappa shape index (κ3) is 65.1. The van der Waals surface area contributed by atoms with Crippen molar-refractivity contribution in [3.63, 3.8) is 0 Å². The van der Waals surface area contributed by atoms with E-state index in [4.69, 9.17) is 37.0 Å². The summed E-state index contributed by atoms with van der Waals surface area (Å²) >= 11 is 0. The molecule has 0 aliphatic rings. The minimum absolute atomic E-state index is 0.105. The summed E-state index contributed by atoms with van der Waals surface area (Å²) < 4.78 is 68.4. The van der Waals surface area contributed by atoms with Gasteiger partial charge in [0.25, 0.3) is 0 Å². The van der Waals surface area contributed by atoms with Crippen LogP contribution < -0.4 is 0 Å². The van der Waals surface area contributed by atoms with Gasteiger partial charge in [-0.05, 0) is 49.4 Å². The molecule has 3 N–H and O–H groups in total. The van der Waals surface area contributed by atoms with Gasteiger partial charge in [0.1, 0.15) is 19.3 Å². The molecule has 0 bridgehead atoms. The van der Waals surface area contributed by atoms with Crippen LogP contribution >= 0.6 is 15.6 Å². The van der Waals surface area contributed by atoms with Crippen molar-refractivity contribution in [1.29, 1.82) is 0 Å². The molecule has 0 spiro atoms. The fourth-order valence-electron chi connectivity index (χ4n) is 10.8. The lowest BCUT2D eigenvalue weighted by Gasteiger charge is -2.21. The Balaban J connectivity index is 5.26. The molecule has 4 unspecified atom stereocenters. The SMILES string of the molecule is CCC(C)CCCCCCCCCCCCC(=O)O[C@H](COC(=O)CCCCCCCCCCCC(C)C)COP(=O)(O)OCC(O)COP(=O)(O)OC[C@@H](COC(=O)CCCCCCCCCC(C)C)OC(=O)CCCCCCCCCCCCCCC(C)C. The van der Waals surface area contributed by atoms with E-state index < -0.39 is 97.5 Å². The number of aliphatic hydroxyl groups excluding tert-OH is 1. The van der Waals surface area contributed by atoms with Gasteiger partial charge in [-0.15, -0.1) is 0 Å². The second-order valence-electron chi connectivity index (χ2n) is 27.6. The number of aliphatic hydroxyl groups is 1. The molecular weight excluding hydrogens is 1200 g/mol. The second-order valence-corrected chi connectivity index (χ2v) is 30.6. The maximum Gasteiger partial charge on any atom is 0.472 e. The van der Waals surface area contributed by atoms with Crippen LogP contribution in [-0.4, -0.2) is 96.7 Å². The van der Waals surface area contributed by atoms with Gasteiger partial charge < -0.3 is 33.8 Å². The van der Waals surface area contributed by atoms with Crippen LogP contribution in [0.2, 0.25) is 0 Å². The molecule has 0 amide bonds. The van der Waals surface area contributed by atoms with Crippen LogP contribution in [0.5, 0.6) is 0 Å². The van der Waals surface area contributed by atoms with E-state index in [-0.39, 0.29) is 25.7 Å². The molecule has 0 aromatic rings. The summed E-state index contributed by atoms with van der Waals surface area (Å²) in [6.45, 7) is 14.1. The number of phosphoric acid groups is 2. The first-order valence-corrected chi connectivity index (χ1v) is 40.2. The predicted molar refractivity (Wildman–Crippen MR) is 367 cm³/mol. The van der Waals surface area contributed by atoms with Crippen LogP contribution in [0.3, 0.4) is 0 Å². The first kappa shape index (κ1) is 89.1. The van der Waals surface area contributed by atoms with Gasteiger partial charge >= 0.3 is 39.5 Å². The number of rotatable bonds is 69. The van der Waals surface area contributed by atoms with Crippen molar-refractivity contribution in [3.05, 3.63) is 0 Å². The van der Waals surface area contributed by atoms with Crippen molar-refractivity contribution in [2.45, 2.75) is 375 Å². The topological polar surface area (TPSA) is 237 Å². The van der Waals surface area contributed by atoms with Crippen molar-refractivity contribution < 1.29 is 80.2 Å². The average molecular weight is 1340 g/mol. The van der Waals surface area contributed by atoms with E-state index in [0.717, 1.165) is 114 Å². The average Bonchev–Trinajstić information content (AvgIpc) is 3.71. The predicted octanol–water partition coefficient (Wildman–Crippen LogP) is 20.5. The Morgan fingerprint density at radius 1 is 0.308 bits per heavy atom. The van der Waals surface area contributed by atoms with Crippen LogP contribution in [-0.2, 0) is 65.4 Å². The molecule has 0 aromatic carbocycles. The minimum atomic E-state index is -4.95. The third-order valence-corrected chi connectivity index (χ3v) is 18.8. The Hall–Kier alpha value is -1.94. The Bertz CT molecular complexity index is 1800. The molecule has 0 saturated carbocycles. The minimum Gasteiger partial charge on any atom is -0.462 e. The van der Waals surface area contributed by atoms with Crippen molar-refractivity contribution >= 4 is 39.5 Å². The summed E-state index contributed by atoms with van der Waals surface area (Å²) in [5, 5.41) is 10.6. The molecule has 0 fully saturated rings. The quantitative estimate of drug-likeness (QED) is 0.0222. The van der Waals surface area contributed by atoms with Crippen LogP contribution in [0.1, 0.15) is 357 Å². The van der Waals surface area contributed by atoms with Crippen molar-refractivity contribution in [3.8, 4) is 0 Å². The highest BCUT2D eigenvalue weighted by Gasteiger charge is 2.30. The summed E-state index contributed by atoms with van der Waals surface area (Å²) in [5.74, 6) is 0.902. The number of carbonyl (C=O) groups excluding carboxylic acids is 4. The summed E-state index contributed by atoms with van der Waals surface area (Å²) in [7, 11) is -9.91. The first-order valence-electron chi connectivity index (χ1n) is 37.2. The lowest BCUT2D eigenvalue weighted by atomic mass is 9.99. The van der Waals surface area contributed by atoms with Gasteiger partial charge in [-0.3, -0.25) is 37.3 Å². The molecule has 6 atom stereocenters. The Morgan fingerprint density at radius 3 is 0.780 bits per heavy atom. The monoisotopic (exact) mass is 1340 g/mol. The van der Waals surface area contributed by atoms with E-state index in [9.17, 15) is 43.2 Å². The van der Waals surface area contributed by atoms with E-state index in [1.165, 1.54) is 154 Å². The number of hydrogen-bond acceptors (Lipinski definition) is 15. The highest BCUT2D eigenvalue weighted by atomic mass is 31.2. The lowest BCUT2D eigenvalue weighted by molar-refractivity contribution is -0.161. The molecule has 0 heterocycles. The Morgan fingerprint density at radius 2 is 0.527 bits per heavy atom. The largest absolute Gasteiger partial charge is 0.472 e. The van der Waals surface area contributed by atoms with Crippen LogP contribution in [0.4, 0.5) is 0 Å². The van der Waals surface area contributed by atoms with Crippen molar-refractivity contribution in [2.75, 3.05) is 39.6 Å². The smallest absolute Gasteiger partial charge is 0.462 e. The van der Waals surface area contributed by atoms with E-state index in [2.05, 4.69) is 55.4 Å². The van der Waals surface area contributed by atoms with Gasteiger partial charge in [0, 0.05) is 25.7 Å². The zero-order valence-corrected chi connectivity index (χ0v) is 61.3. The molecule has 0 radical (unpaired) electrons. The Labute approximate surface area is 556 Å². The highest BCUT2D eigenvalue weighted by molar-refractivity contribution is 7.47. The molecule has 17 nitrogen and oxygen atoms in total. The molecule has 0 aliphatic heterocycles. The molecule has 0 aliphatic carbocycles. The summed E-state index contributed by atoms with van der Waals surface area (Å²) in [5.41, 5.74) is 0. The van der Waals surface area contributed by atoms with Gasteiger partial charge in [0.2, 0.25) is 0 Å². The van der Waals surface area contributed by atoms with Crippen molar-refractivity contribution in [2.24, 2.45) is 23.7 Å². The first-order chi connectivity index (χ1) is 43.6.